The monoisotopic (exact) mass is 247 g/mol. The van der Waals surface area contributed by atoms with E-state index in [1.54, 1.807) is 0 Å². The predicted molar refractivity (Wildman–Crippen MR) is 72.2 cm³/mol. The molecule has 3 rings (SSSR count). The molecule has 0 bridgehead atoms. The van der Waals surface area contributed by atoms with Crippen molar-refractivity contribution >= 4 is 11.6 Å². The molecule has 2 aliphatic carbocycles. The molecule has 4 N–H and O–H groups in total. The number of nitrogen functional groups attached to an aromatic ring is 1. The van der Waals surface area contributed by atoms with Gasteiger partial charge in [0.2, 0.25) is 0 Å². The lowest BCUT2D eigenvalue weighted by Gasteiger charge is -2.13. The smallest absolute Gasteiger partial charge is 0.145 e. The summed E-state index contributed by atoms with van der Waals surface area (Å²) in [6.45, 7) is 3.28. The Morgan fingerprint density at radius 3 is 2.61 bits per heavy atom. The van der Waals surface area contributed by atoms with E-state index < -0.39 is 0 Å². The summed E-state index contributed by atoms with van der Waals surface area (Å²) in [7, 11) is 0. The normalized spacial score (nSPS) is 20.6. The number of rotatable bonds is 6. The van der Waals surface area contributed by atoms with Crippen molar-refractivity contribution in [2.24, 2.45) is 17.7 Å². The van der Waals surface area contributed by atoms with Gasteiger partial charge >= 0.3 is 0 Å². The highest BCUT2D eigenvalue weighted by Gasteiger charge is 2.29. The van der Waals surface area contributed by atoms with Crippen LogP contribution in [0, 0.1) is 11.8 Å². The first kappa shape index (κ1) is 11.7. The second-order valence-electron chi connectivity index (χ2n) is 5.61. The lowest BCUT2D eigenvalue weighted by atomic mass is 10.1. The molecule has 0 radical (unpaired) electrons. The minimum atomic E-state index is 0.541. The van der Waals surface area contributed by atoms with E-state index >= 15 is 0 Å². The number of nitrogens with zero attached hydrogens (tertiary/aromatic N) is 2. The molecule has 1 aromatic heterocycles. The van der Waals surface area contributed by atoms with Gasteiger partial charge in [-0.15, -0.1) is 0 Å². The zero-order chi connectivity index (χ0) is 12.5. The SMILES string of the molecule is CC(CNc1cc(NN)nc(C2CC2)n1)C1CC1. The van der Waals surface area contributed by atoms with Gasteiger partial charge in [-0.25, -0.2) is 15.8 Å². The van der Waals surface area contributed by atoms with Crippen LogP contribution in [0.15, 0.2) is 6.07 Å². The van der Waals surface area contributed by atoms with E-state index in [-0.39, 0.29) is 0 Å². The summed E-state index contributed by atoms with van der Waals surface area (Å²) in [5.41, 5.74) is 2.62. The fraction of sp³-hybridized carbons (Fsp3) is 0.692. The average molecular weight is 247 g/mol. The first-order chi connectivity index (χ1) is 8.76. The Hall–Kier alpha value is -1.36. The van der Waals surface area contributed by atoms with Crippen LogP contribution in [0.1, 0.15) is 44.3 Å². The first-order valence-electron chi connectivity index (χ1n) is 6.85. The van der Waals surface area contributed by atoms with Gasteiger partial charge in [-0.1, -0.05) is 6.92 Å². The van der Waals surface area contributed by atoms with Crippen LogP contribution in [-0.2, 0) is 0 Å². The number of nitrogens with two attached hydrogens (primary N) is 1. The first-order valence-corrected chi connectivity index (χ1v) is 6.85. The summed E-state index contributed by atoms with van der Waals surface area (Å²) in [6.07, 6.45) is 5.17. The van der Waals surface area contributed by atoms with Gasteiger partial charge < -0.3 is 10.7 Å². The molecule has 0 spiro atoms. The van der Waals surface area contributed by atoms with Crippen LogP contribution in [0.2, 0.25) is 0 Å². The summed E-state index contributed by atoms with van der Waals surface area (Å²) in [4.78, 5) is 8.98. The van der Waals surface area contributed by atoms with Gasteiger partial charge in [0.05, 0.1) is 0 Å². The van der Waals surface area contributed by atoms with E-state index in [2.05, 4.69) is 27.6 Å². The van der Waals surface area contributed by atoms with Gasteiger partial charge in [0, 0.05) is 18.5 Å². The molecule has 1 heterocycles. The molecule has 2 fully saturated rings. The molecule has 18 heavy (non-hydrogen) atoms. The molecule has 98 valence electrons. The van der Waals surface area contributed by atoms with Crippen molar-refractivity contribution in [2.75, 3.05) is 17.3 Å². The largest absolute Gasteiger partial charge is 0.370 e. The van der Waals surface area contributed by atoms with Gasteiger partial charge in [0.1, 0.15) is 17.5 Å². The third-order valence-electron chi connectivity index (χ3n) is 3.87. The molecular formula is C13H21N5. The highest BCUT2D eigenvalue weighted by Crippen LogP contribution is 2.39. The number of hydrazine groups is 1. The van der Waals surface area contributed by atoms with Crippen molar-refractivity contribution in [3.05, 3.63) is 11.9 Å². The molecule has 2 aliphatic rings. The van der Waals surface area contributed by atoms with Crippen LogP contribution in [0.5, 0.6) is 0 Å². The van der Waals surface area contributed by atoms with E-state index in [4.69, 9.17) is 5.84 Å². The Kier molecular flexibility index (Phi) is 3.07. The third kappa shape index (κ3) is 2.72. The van der Waals surface area contributed by atoms with Crippen molar-refractivity contribution in [2.45, 2.75) is 38.5 Å². The Morgan fingerprint density at radius 2 is 2.00 bits per heavy atom. The Labute approximate surface area is 108 Å². The maximum Gasteiger partial charge on any atom is 0.145 e. The minimum absolute atomic E-state index is 0.541. The fourth-order valence-corrected chi connectivity index (χ4v) is 2.25. The Bertz CT molecular complexity index is 425. The van der Waals surface area contributed by atoms with Crippen LogP contribution in [0.25, 0.3) is 0 Å². The van der Waals surface area contributed by atoms with E-state index in [1.165, 1.54) is 25.7 Å². The topological polar surface area (TPSA) is 75.9 Å². The highest BCUT2D eigenvalue weighted by atomic mass is 15.3. The number of anilines is 2. The molecule has 1 unspecified atom stereocenters. The summed E-state index contributed by atoms with van der Waals surface area (Å²) in [5.74, 6) is 10.1. The van der Waals surface area contributed by atoms with Gasteiger partial charge in [0.15, 0.2) is 0 Å². The number of nitrogens with one attached hydrogen (secondary N) is 2. The molecule has 5 nitrogen and oxygen atoms in total. The van der Waals surface area contributed by atoms with Crippen LogP contribution in [0.3, 0.4) is 0 Å². The Balaban J connectivity index is 1.67. The summed E-state index contributed by atoms with van der Waals surface area (Å²) in [6, 6.07) is 1.88. The van der Waals surface area contributed by atoms with Gasteiger partial charge in [-0.2, -0.15) is 0 Å². The molecule has 0 aliphatic heterocycles. The lowest BCUT2D eigenvalue weighted by molar-refractivity contribution is 0.535. The van der Waals surface area contributed by atoms with Crippen LogP contribution in [-0.4, -0.2) is 16.5 Å². The predicted octanol–water partition coefficient (Wildman–Crippen LogP) is 2.10. The van der Waals surface area contributed by atoms with Gasteiger partial charge in [-0.05, 0) is 37.5 Å². The fourth-order valence-electron chi connectivity index (χ4n) is 2.25. The van der Waals surface area contributed by atoms with E-state index in [9.17, 15) is 0 Å². The molecule has 0 saturated heterocycles. The second kappa shape index (κ2) is 4.72. The highest BCUT2D eigenvalue weighted by molar-refractivity contribution is 5.47. The molecule has 0 aromatic carbocycles. The molecule has 1 aromatic rings. The zero-order valence-electron chi connectivity index (χ0n) is 10.8. The number of hydrogen-bond donors (Lipinski definition) is 3. The standard InChI is InChI=1S/C13H21N5/c1-8(9-2-3-9)7-15-11-6-12(18-14)17-13(16-11)10-4-5-10/h6,8-10H,2-5,7,14H2,1H3,(H2,15,16,17,18). The molecule has 2 saturated carbocycles. The zero-order valence-corrected chi connectivity index (χ0v) is 10.8. The second-order valence-corrected chi connectivity index (χ2v) is 5.61. The van der Waals surface area contributed by atoms with Crippen molar-refractivity contribution < 1.29 is 0 Å². The van der Waals surface area contributed by atoms with Crippen molar-refractivity contribution in [3.8, 4) is 0 Å². The van der Waals surface area contributed by atoms with Gasteiger partial charge in [0.25, 0.3) is 0 Å². The van der Waals surface area contributed by atoms with Crippen LogP contribution in [0.4, 0.5) is 11.6 Å². The van der Waals surface area contributed by atoms with E-state index in [0.29, 0.717) is 11.7 Å². The van der Waals surface area contributed by atoms with Crippen LogP contribution >= 0.6 is 0 Å². The van der Waals surface area contributed by atoms with E-state index in [0.717, 1.165) is 30.0 Å². The summed E-state index contributed by atoms with van der Waals surface area (Å²) >= 11 is 0. The quantitative estimate of drug-likeness (QED) is 0.530. The van der Waals surface area contributed by atoms with Gasteiger partial charge in [-0.3, -0.25) is 0 Å². The summed E-state index contributed by atoms with van der Waals surface area (Å²) in [5, 5.41) is 3.42. The molecule has 0 amide bonds. The van der Waals surface area contributed by atoms with Crippen LogP contribution < -0.4 is 16.6 Å². The summed E-state index contributed by atoms with van der Waals surface area (Å²) < 4.78 is 0. The minimum Gasteiger partial charge on any atom is -0.370 e. The maximum atomic E-state index is 5.45. The number of aromatic nitrogens is 2. The molecule has 1 atom stereocenters. The molecular weight excluding hydrogens is 226 g/mol. The van der Waals surface area contributed by atoms with E-state index in [1.807, 2.05) is 6.07 Å². The Morgan fingerprint density at radius 1 is 1.28 bits per heavy atom. The lowest BCUT2D eigenvalue weighted by Crippen LogP contribution is -2.16. The van der Waals surface area contributed by atoms with Crippen molar-refractivity contribution in [1.82, 2.24) is 9.97 Å². The van der Waals surface area contributed by atoms with Crippen molar-refractivity contribution in [3.63, 3.8) is 0 Å². The third-order valence-corrected chi connectivity index (χ3v) is 3.87. The number of hydrogen-bond acceptors (Lipinski definition) is 5. The average Bonchev–Trinajstić information content (AvgIpc) is 3.26. The maximum absolute atomic E-state index is 5.45. The van der Waals surface area contributed by atoms with Crippen molar-refractivity contribution in [1.29, 1.82) is 0 Å². The molecule has 5 heteroatoms.